The van der Waals surface area contributed by atoms with Crippen LogP contribution in [-0.4, -0.2) is 60.4 Å². The Bertz CT molecular complexity index is 747. The number of halogens is 2. The van der Waals surface area contributed by atoms with Crippen LogP contribution < -0.4 is 5.32 Å². The average molecular weight is 399 g/mol. The van der Waals surface area contributed by atoms with E-state index in [-0.39, 0.29) is 11.8 Å². The molecule has 1 aromatic heterocycles. The molecule has 0 atom stereocenters. The molecule has 1 amide bonds. The van der Waals surface area contributed by atoms with Gasteiger partial charge in [-0.1, -0.05) is 29.3 Å². The molecule has 0 bridgehead atoms. The highest BCUT2D eigenvalue weighted by molar-refractivity contribution is 6.35. The number of hydrogen-bond acceptors (Lipinski definition) is 6. The van der Waals surface area contributed by atoms with E-state index in [0.29, 0.717) is 28.9 Å². The van der Waals surface area contributed by atoms with Crippen LogP contribution in [0.1, 0.15) is 28.6 Å². The third-order valence-electron chi connectivity index (χ3n) is 4.06. The van der Waals surface area contributed by atoms with Gasteiger partial charge in [0.25, 0.3) is 0 Å². The number of amides is 1. The van der Waals surface area contributed by atoms with Gasteiger partial charge in [0.15, 0.2) is 0 Å². The van der Waals surface area contributed by atoms with Gasteiger partial charge >= 0.3 is 11.8 Å². The van der Waals surface area contributed by atoms with Crippen molar-refractivity contribution < 1.29 is 13.9 Å². The van der Waals surface area contributed by atoms with E-state index in [1.165, 1.54) is 0 Å². The number of morpholine rings is 1. The normalized spacial score (nSPS) is 15.2. The number of hydrogen-bond donors (Lipinski definition) is 1. The standard InChI is InChI=1S/C17H20Cl2N4O3/c18-13-3-2-12(14(19)11-13)10-15-21-22-17(26-15)16(24)20-4-1-5-23-6-8-25-9-7-23/h2-3,11H,1,4-10H2,(H,20,24). The summed E-state index contributed by atoms with van der Waals surface area (Å²) in [6.45, 7) is 4.90. The average Bonchev–Trinajstić information content (AvgIpc) is 3.11. The summed E-state index contributed by atoms with van der Waals surface area (Å²) < 4.78 is 10.7. The molecule has 2 aromatic rings. The molecule has 140 valence electrons. The van der Waals surface area contributed by atoms with Gasteiger partial charge in [-0.2, -0.15) is 0 Å². The number of nitrogens with zero attached hydrogens (tertiary/aromatic N) is 3. The van der Waals surface area contributed by atoms with Gasteiger partial charge in [0, 0.05) is 29.7 Å². The SMILES string of the molecule is O=C(NCCCN1CCOCC1)c1nnc(Cc2ccc(Cl)cc2Cl)o1. The lowest BCUT2D eigenvalue weighted by molar-refractivity contribution is 0.0374. The van der Waals surface area contributed by atoms with E-state index in [9.17, 15) is 4.79 Å². The fourth-order valence-corrected chi connectivity index (χ4v) is 3.13. The van der Waals surface area contributed by atoms with E-state index in [0.717, 1.165) is 44.8 Å². The molecule has 9 heteroatoms. The Morgan fingerprint density at radius 1 is 1.23 bits per heavy atom. The quantitative estimate of drug-likeness (QED) is 0.721. The first kappa shape index (κ1) is 19.1. The molecule has 1 fully saturated rings. The molecule has 3 rings (SSSR count). The Labute approximate surface area is 161 Å². The van der Waals surface area contributed by atoms with Crippen molar-refractivity contribution in [3.63, 3.8) is 0 Å². The maximum atomic E-state index is 12.1. The molecular formula is C17H20Cl2N4O3. The summed E-state index contributed by atoms with van der Waals surface area (Å²) in [6, 6.07) is 5.18. The number of benzene rings is 1. The highest BCUT2D eigenvalue weighted by atomic mass is 35.5. The molecule has 1 N–H and O–H groups in total. The second-order valence-electron chi connectivity index (χ2n) is 5.98. The molecule has 0 unspecified atom stereocenters. The topological polar surface area (TPSA) is 80.5 Å². The Morgan fingerprint density at radius 2 is 2.04 bits per heavy atom. The molecule has 0 spiro atoms. The van der Waals surface area contributed by atoms with Crippen molar-refractivity contribution in [3.05, 3.63) is 45.6 Å². The molecule has 1 aliphatic heterocycles. The van der Waals surface area contributed by atoms with Gasteiger partial charge in [-0.15, -0.1) is 10.2 Å². The van der Waals surface area contributed by atoms with E-state index in [4.69, 9.17) is 32.4 Å². The number of carbonyl (C=O) groups is 1. The number of nitrogens with one attached hydrogen (secondary N) is 1. The maximum absolute atomic E-state index is 12.1. The molecule has 7 nitrogen and oxygen atoms in total. The molecule has 2 heterocycles. The van der Waals surface area contributed by atoms with Gasteiger partial charge in [-0.3, -0.25) is 9.69 Å². The Morgan fingerprint density at radius 3 is 2.81 bits per heavy atom. The van der Waals surface area contributed by atoms with Gasteiger partial charge in [-0.05, 0) is 30.7 Å². The van der Waals surface area contributed by atoms with Gasteiger partial charge in [0.05, 0.1) is 19.6 Å². The lowest BCUT2D eigenvalue weighted by Gasteiger charge is -2.26. The van der Waals surface area contributed by atoms with Crippen molar-refractivity contribution in [2.24, 2.45) is 0 Å². The van der Waals surface area contributed by atoms with Crippen molar-refractivity contribution in [2.75, 3.05) is 39.4 Å². The first-order chi connectivity index (χ1) is 12.6. The third kappa shape index (κ3) is 5.41. The van der Waals surface area contributed by atoms with Gasteiger partial charge in [0.2, 0.25) is 5.89 Å². The van der Waals surface area contributed by atoms with E-state index < -0.39 is 0 Å². The molecule has 0 aliphatic carbocycles. The summed E-state index contributed by atoms with van der Waals surface area (Å²) in [6.07, 6.45) is 1.19. The predicted octanol–water partition coefficient (Wildman–Crippen LogP) is 2.42. The molecule has 0 radical (unpaired) electrons. The number of ether oxygens (including phenoxy) is 1. The highest BCUT2D eigenvalue weighted by Crippen LogP contribution is 2.23. The summed E-state index contributed by atoms with van der Waals surface area (Å²) >= 11 is 12.0. The van der Waals surface area contributed by atoms with Crippen LogP contribution in [-0.2, 0) is 11.2 Å². The van der Waals surface area contributed by atoms with Crippen molar-refractivity contribution >= 4 is 29.1 Å². The van der Waals surface area contributed by atoms with Crippen molar-refractivity contribution in [1.29, 1.82) is 0 Å². The lowest BCUT2D eigenvalue weighted by atomic mass is 10.1. The Balaban J connectivity index is 1.45. The van der Waals surface area contributed by atoms with Crippen LogP contribution in [0.25, 0.3) is 0 Å². The molecule has 1 aliphatic rings. The largest absolute Gasteiger partial charge is 0.417 e. The van der Waals surface area contributed by atoms with E-state index in [1.807, 2.05) is 0 Å². The molecule has 0 saturated carbocycles. The minimum atomic E-state index is -0.368. The summed E-state index contributed by atoms with van der Waals surface area (Å²) in [5.41, 5.74) is 0.803. The maximum Gasteiger partial charge on any atom is 0.308 e. The minimum Gasteiger partial charge on any atom is -0.417 e. The van der Waals surface area contributed by atoms with Crippen LogP contribution in [0.3, 0.4) is 0 Å². The zero-order valence-electron chi connectivity index (χ0n) is 14.2. The fourth-order valence-electron chi connectivity index (χ4n) is 2.65. The molecular weight excluding hydrogens is 379 g/mol. The first-order valence-electron chi connectivity index (χ1n) is 8.46. The van der Waals surface area contributed by atoms with Crippen LogP contribution in [0.15, 0.2) is 22.6 Å². The van der Waals surface area contributed by atoms with Crippen LogP contribution >= 0.6 is 23.2 Å². The highest BCUT2D eigenvalue weighted by Gasteiger charge is 2.16. The second-order valence-corrected chi connectivity index (χ2v) is 6.82. The van der Waals surface area contributed by atoms with Crippen LogP contribution in [0.5, 0.6) is 0 Å². The smallest absolute Gasteiger partial charge is 0.308 e. The summed E-state index contributed by atoms with van der Waals surface area (Å²) in [5, 5.41) is 11.6. The molecule has 26 heavy (non-hydrogen) atoms. The number of aromatic nitrogens is 2. The minimum absolute atomic E-state index is 0.0449. The Kier molecular flexibility index (Phi) is 6.85. The number of rotatable bonds is 7. The summed E-state index contributed by atoms with van der Waals surface area (Å²) in [4.78, 5) is 14.4. The van der Waals surface area contributed by atoms with Crippen LogP contribution in [0.2, 0.25) is 10.0 Å². The van der Waals surface area contributed by atoms with Gasteiger partial charge < -0.3 is 14.5 Å². The molecule has 1 saturated heterocycles. The summed E-state index contributed by atoms with van der Waals surface area (Å²) in [5.74, 6) is -0.0860. The lowest BCUT2D eigenvalue weighted by Crippen LogP contribution is -2.38. The third-order valence-corrected chi connectivity index (χ3v) is 4.65. The van der Waals surface area contributed by atoms with Gasteiger partial charge in [-0.25, -0.2) is 0 Å². The van der Waals surface area contributed by atoms with Crippen molar-refractivity contribution in [3.8, 4) is 0 Å². The van der Waals surface area contributed by atoms with Crippen molar-refractivity contribution in [1.82, 2.24) is 20.4 Å². The van der Waals surface area contributed by atoms with E-state index in [1.54, 1.807) is 18.2 Å². The Hall–Kier alpha value is -1.67. The summed E-state index contributed by atoms with van der Waals surface area (Å²) in [7, 11) is 0. The zero-order valence-corrected chi connectivity index (χ0v) is 15.7. The zero-order chi connectivity index (χ0) is 18.4. The van der Waals surface area contributed by atoms with E-state index >= 15 is 0 Å². The van der Waals surface area contributed by atoms with Crippen molar-refractivity contribution in [2.45, 2.75) is 12.8 Å². The van der Waals surface area contributed by atoms with Gasteiger partial charge in [0.1, 0.15) is 0 Å². The predicted molar refractivity (Wildman–Crippen MR) is 97.8 cm³/mol. The second kappa shape index (κ2) is 9.32. The van der Waals surface area contributed by atoms with Crippen LogP contribution in [0.4, 0.5) is 0 Å². The number of carbonyl (C=O) groups excluding carboxylic acids is 1. The van der Waals surface area contributed by atoms with Crippen LogP contribution in [0, 0.1) is 0 Å². The first-order valence-corrected chi connectivity index (χ1v) is 9.22. The van der Waals surface area contributed by atoms with E-state index in [2.05, 4.69) is 20.4 Å². The fraction of sp³-hybridized carbons (Fsp3) is 0.471. The molecule has 1 aromatic carbocycles. The monoisotopic (exact) mass is 398 g/mol.